The predicted molar refractivity (Wildman–Crippen MR) is 145 cm³/mol. The maximum atomic E-state index is 12.7. The Morgan fingerprint density at radius 1 is 1.22 bits per heavy atom. The highest BCUT2D eigenvalue weighted by molar-refractivity contribution is 7.94. The minimum atomic E-state index is -2.13. The molecule has 1 aliphatic heterocycles. The van der Waals surface area contributed by atoms with Crippen LogP contribution in [0.1, 0.15) is 44.3 Å². The van der Waals surface area contributed by atoms with Crippen molar-refractivity contribution >= 4 is 50.6 Å². The highest BCUT2D eigenvalue weighted by atomic mass is 32.4. The molecule has 0 radical (unpaired) electrons. The Labute approximate surface area is 219 Å². The van der Waals surface area contributed by atoms with Gasteiger partial charge in [0.05, 0.1) is 25.1 Å². The van der Waals surface area contributed by atoms with Gasteiger partial charge in [-0.2, -0.15) is 0 Å². The molecule has 3 heterocycles. The third-order valence-corrected chi connectivity index (χ3v) is 12.2. The number of benzene rings is 1. The average molecular weight is 546 g/mol. The van der Waals surface area contributed by atoms with Gasteiger partial charge in [-0.25, -0.2) is 15.0 Å². The van der Waals surface area contributed by atoms with E-state index in [1.165, 1.54) is 6.33 Å². The number of anilines is 1. The number of hydrogen-bond acceptors (Lipinski definition) is 8. The molecule has 1 aromatic carbocycles. The van der Waals surface area contributed by atoms with Gasteiger partial charge in [0.1, 0.15) is 13.9 Å². The molecule has 4 rings (SSSR count). The first kappa shape index (κ1) is 26.9. The van der Waals surface area contributed by atoms with Crippen LogP contribution in [-0.4, -0.2) is 52.6 Å². The molecule has 1 amide bonds. The van der Waals surface area contributed by atoms with Crippen LogP contribution in [0.4, 0.5) is 5.82 Å². The minimum absolute atomic E-state index is 0.0269. The van der Waals surface area contributed by atoms with Gasteiger partial charge < -0.3 is 19.0 Å². The largest absolute Gasteiger partial charge is 0.409 e. The third kappa shape index (κ3) is 5.41. The molecule has 2 aromatic heterocycles. The molecule has 1 fully saturated rings. The second kappa shape index (κ2) is 10.7. The van der Waals surface area contributed by atoms with Gasteiger partial charge in [-0.1, -0.05) is 45.9 Å². The summed E-state index contributed by atoms with van der Waals surface area (Å²) < 4.78 is 20.8. The number of amides is 1. The van der Waals surface area contributed by atoms with E-state index in [-0.39, 0.29) is 29.1 Å². The van der Waals surface area contributed by atoms with E-state index in [9.17, 15) is 4.79 Å². The molecule has 0 unspecified atom stereocenters. The summed E-state index contributed by atoms with van der Waals surface area (Å²) in [7, 11) is -1.69. The number of nitrogens with one attached hydrogen (secondary N) is 1. The summed E-state index contributed by atoms with van der Waals surface area (Å²) in [6.45, 7) is 13.6. The molecule has 9 nitrogen and oxygen atoms in total. The van der Waals surface area contributed by atoms with Crippen molar-refractivity contribution in [3.63, 3.8) is 0 Å². The van der Waals surface area contributed by atoms with Crippen LogP contribution in [-0.2, 0) is 25.5 Å². The molecule has 36 heavy (non-hydrogen) atoms. The molecule has 4 atom stereocenters. The van der Waals surface area contributed by atoms with Gasteiger partial charge in [-0.15, -0.1) is 0 Å². The van der Waals surface area contributed by atoms with Crippen LogP contribution in [0.5, 0.6) is 0 Å². The van der Waals surface area contributed by atoms with Gasteiger partial charge in [-0.3, -0.25) is 9.36 Å². The van der Waals surface area contributed by atoms with Crippen molar-refractivity contribution in [3.8, 4) is 0 Å². The van der Waals surface area contributed by atoms with E-state index in [0.29, 0.717) is 36.7 Å². The summed E-state index contributed by atoms with van der Waals surface area (Å²) in [6, 6.07) is 8.97. The fraction of sp³-hybridized carbons (Fsp3) is 0.500. The number of nitrogens with zero attached hydrogens (tertiary/aromatic N) is 4. The fourth-order valence-electron chi connectivity index (χ4n) is 3.95. The zero-order valence-corrected chi connectivity index (χ0v) is 24.0. The molecule has 0 bridgehead atoms. The fourth-order valence-corrected chi connectivity index (χ4v) is 5.71. The van der Waals surface area contributed by atoms with E-state index in [4.69, 9.17) is 25.5 Å². The van der Waals surface area contributed by atoms with Crippen molar-refractivity contribution < 1.29 is 18.5 Å². The highest BCUT2D eigenvalue weighted by Gasteiger charge is 2.49. The van der Waals surface area contributed by atoms with Crippen LogP contribution in [0.15, 0.2) is 43.0 Å². The topological polar surface area (TPSA) is 100 Å². The Balaban J connectivity index is 1.68. The molecular formula is C24H32N5O4PSSi. The van der Waals surface area contributed by atoms with Crippen LogP contribution in [0.25, 0.3) is 11.2 Å². The lowest BCUT2D eigenvalue weighted by Gasteiger charge is -2.40. The number of fused-ring (bicyclic) bond motifs is 1. The van der Waals surface area contributed by atoms with Crippen LogP contribution in [0.3, 0.4) is 0 Å². The number of imidazole rings is 1. The van der Waals surface area contributed by atoms with Gasteiger partial charge in [0.25, 0.3) is 5.91 Å². The molecule has 3 aromatic rings. The van der Waals surface area contributed by atoms with Crippen molar-refractivity contribution in [2.24, 2.45) is 5.92 Å². The van der Waals surface area contributed by atoms with Crippen LogP contribution in [0, 0.1) is 5.92 Å². The van der Waals surface area contributed by atoms with E-state index in [0.717, 1.165) is 0 Å². The summed E-state index contributed by atoms with van der Waals surface area (Å²) in [4.78, 5) is 26.1. The SMILES string of the molecule is C[C@H]1[C@@H](O[Si](C)(C)C(C)(C)C)[C@H](n2cnc3c(NC(=O)c4ccccc4)ncnc32)O[C@@H]1COP=S. The number of rotatable bonds is 8. The molecule has 1 aliphatic rings. The molecule has 0 spiro atoms. The Bertz CT molecular complexity index is 1240. The molecule has 12 heteroatoms. The number of hydrogen-bond donors (Lipinski definition) is 1. The molecule has 0 saturated carbocycles. The summed E-state index contributed by atoms with van der Waals surface area (Å²) in [5.74, 6) is 0.123. The lowest BCUT2D eigenvalue weighted by Crippen LogP contribution is -2.46. The first-order valence-electron chi connectivity index (χ1n) is 11.9. The van der Waals surface area contributed by atoms with Crippen LogP contribution in [0.2, 0.25) is 18.1 Å². The van der Waals surface area contributed by atoms with Crippen molar-refractivity contribution in [1.82, 2.24) is 19.5 Å². The monoisotopic (exact) mass is 545 g/mol. The first-order valence-corrected chi connectivity index (χ1v) is 16.6. The van der Waals surface area contributed by atoms with Crippen molar-refractivity contribution in [3.05, 3.63) is 48.5 Å². The quantitative estimate of drug-likeness (QED) is 0.299. The second-order valence-corrected chi connectivity index (χ2v) is 16.1. The molecule has 1 saturated heterocycles. The van der Waals surface area contributed by atoms with Crippen LogP contribution < -0.4 is 5.32 Å². The molecule has 0 aliphatic carbocycles. The Kier molecular flexibility index (Phi) is 7.99. The predicted octanol–water partition coefficient (Wildman–Crippen LogP) is 5.34. The minimum Gasteiger partial charge on any atom is -0.409 e. The van der Waals surface area contributed by atoms with Gasteiger partial charge in [0, 0.05) is 11.5 Å². The summed E-state index contributed by atoms with van der Waals surface area (Å²) in [5.41, 5.74) is 1.56. The van der Waals surface area contributed by atoms with Gasteiger partial charge >= 0.3 is 0 Å². The summed E-state index contributed by atoms with van der Waals surface area (Å²) in [6.07, 6.45) is 2.18. The lowest BCUT2D eigenvalue weighted by atomic mass is 10.0. The van der Waals surface area contributed by atoms with Crippen molar-refractivity contribution in [2.45, 2.75) is 64.3 Å². The second-order valence-electron chi connectivity index (χ2n) is 10.5. The van der Waals surface area contributed by atoms with Crippen molar-refractivity contribution in [2.75, 3.05) is 11.9 Å². The number of carbonyl (C=O) groups excluding carboxylic acids is 1. The zero-order chi connectivity index (χ0) is 26.1. The maximum absolute atomic E-state index is 12.7. The van der Waals surface area contributed by atoms with Crippen LogP contribution >= 0.6 is 7.58 Å². The smallest absolute Gasteiger partial charge is 0.256 e. The summed E-state index contributed by atoms with van der Waals surface area (Å²) >= 11 is 4.95. The normalized spacial score (nSPS) is 22.8. The highest BCUT2D eigenvalue weighted by Crippen LogP contribution is 2.44. The Morgan fingerprint density at radius 3 is 2.61 bits per heavy atom. The summed E-state index contributed by atoms with van der Waals surface area (Å²) in [5, 5.41) is 2.88. The first-order chi connectivity index (χ1) is 17.0. The van der Waals surface area contributed by atoms with E-state index >= 15 is 0 Å². The Hall–Kier alpha value is -2.14. The van der Waals surface area contributed by atoms with E-state index in [1.807, 2.05) is 22.8 Å². The number of aromatic nitrogens is 4. The van der Waals surface area contributed by atoms with E-state index in [2.05, 4.69) is 61.1 Å². The molecular weight excluding hydrogens is 513 g/mol. The standard InChI is InChI=1S/C24H32N5O4PSSi/c1-15-17(12-31-34-35)32-23(19(15)33-36(5,6)24(2,3)4)29-14-27-18-20(25-13-26-21(18)29)28-22(30)16-10-8-7-9-11-16/h7-11,13-15,17,19,23H,12H2,1-6H3,(H,25,26,28,30)/t15-,17-,19-,23-/m1/s1. The van der Waals surface area contributed by atoms with Gasteiger partial charge in [0.15, 0.2) is 31.5 Å². The number of carbonyl (C=O) groups is 1. The van der Waals surface area contributed by atoms with Gasteiger partial charge in [0.2, 0.25) is 0 Å². The van der Waals surface area contributed by atoms with Gasteiger partial charge in [-0.05, 0) is 42.1 Å². The number of ether oxygens (including phenoxy) is 1. The van der Waals surface area contributed by atoms with E-state index in [1.54, 1.807) is 18.5 Å². The third-order valence-electron chi connectivity index (χ3n) is 7.13. The zero-order valence-electron chi connectivity index (χ0n) is 21.3. The van der Waals surface area contributed by atoms with E-state index < -0.39 is 14.5 Å². The molecule has 1 N–H and O–H groups in total. The lowest BCUT2D eigenvalue weighted by molar-refractivity contribution is -0.0418. The Morgan fingerprint density at radius 2 is 1.94 bits per heavy atom. The van der Waals surface area contributed by atoms with Crippen molar-refractivity contribution in [1.29, 1.82) is 0 Å². The average Bonchev–Trinajstić information content (AvgIpc) is 3.39. The molecule has 192 valence electrons. The maximum Gasteiger partial charge on any atom is 0.256 e.